The summed E-state index contributed by atoms with van der Waals surface area (Å²) in [4.78, 5) is 39.1. The minimum Gasteiger partial charge on any atom is -0.453 e. The second-order valence-corrected chi connectivity index (χ2v) is 6.06. The number of methoxy groups -OCH3 is 1. The first-order valence-corrected chi connectivity index (χ1v) is 8.65. The highest BCUT2D eigenvalue weighted by Gasteiger charge is 2.22. The van der Waals surface area contributed by atoms with Gasteiger partial charge < -0.3 is 19.9 Å². The topological polar surface area (TPSA) is 79.0 Å². The molecule has 26 heavy (non-hydrogen) atoms. The highest BCUT2D eigenvalue weighted by atomic mass is 19.1. The molecule has 7 nitrogen and oxygen atoms in total. The molecule has 0 atom stereocenters. The van der Waals surface area contributed by atoms with E-state index in [2.05, 4.69) is 5.32 Å². The fourth-order valence-corrected chi connectivity index (χ4v) is 2.78. The number of nitrogens with one attached hydrogen (secondary N) is 1. The molecule has 142 valence electrons. The first-order chi connectivity index (χ1) is 12.5. The molecule has 1 N–H and O–H groups in total. The summed E-state index contributed by atoms with van der Waals surface area (Å²) < 4.78 is 17.5. The number of benzene rings is 1. The molecule has 1 aromatic carbocycles. The van der Waals surface area contributed by atoms with Crippen LogP contribution in [0.1, 0.15) is 29.6 Å². The average Bonchev–Trinajstić information content (AvgIpc) is 2.91. The number of carbonyl (C=O) groups is 3. The summed E-state index contributed by atoms with van der Waals surface area (Å²) in [5, 5.41) is 2.72. The van der Waals surface area contributed by atoms with Crippen molar-refractivity contribution < 1.29 is 23.5 Å². The maximum Gasteiger partial charge on any atom is 0.409 e. The normalized spacial score (nSPS) is 14.5. The van der Waals surface area contributed by atoms with Crippen molar-refractivity contribution in [1.29, 1.82) is 0 Å². The van der Waals surface area contributed by atoms with E-state index in [1.54, 1.807) is 9.80 Å². The maximum atomic E-state index is 12.8. The van der Waals surface area contributed by atoms with Crippen LogP contribution in [0.4, 0.5) is 9.18 Å². The van der Waals surface area contributed by atoms with Crippen molar-refractivity contribution in [2.45, 2.75) is 19.3 Å². The van der Waals surface area contributed by atoms with Gasteiger partial charge in [0.1, 0.15) is 5.82 Å². The number of hydrogen-bond acceptors (Lipinski definition) is 4. The van der Waals surface area contributed by atoms with E-state index in [1.807, 2.05) is 0 Å². The number of ether oxygens (including phenoxy) is 1. The SMILES string of the molecule is COC(=O)N1CCCN(C(=O)CCCNC(=O)c2ccc(F)cc2)CC1. The molecular formula is C18H24FN3O4. The number of carbonyl (C=O) groups excluding carboxylic acids is 3. The van der Waals surface area contributed by atoms with E-state index in [-0.39, 0.29) is 17.9 Å². The minimum absolute atomic E-state index is 0.00717. The van der Waals surface area contributed by atoms with Crippen LogP contribution >= 0.6 is 0 Å². The van der Waals surface area contributed by atoms with Crippen LogP contribution in [0, 0.1) is 5.82 Å². The molecular weight excluding hydrogens is 341 g/mol. The van der Waals surface area contributed by atoms with Crippen LogP contribution in [0.2, 0.25) is 0 Å². The van der Waals surface area contributed by atoms with E-state index in [4.69, 9.17) is 4.74 Å². The predicted octanol–water partition coefficient (Wildman–Crippen LogP) is 1.64. The van der Waals surface area contributed by atoms with Crippen molar-refractivity contribution >= 4 is 17.9 Å². The second-order valence-electron chi connectivity index (χ2n) is 6.06. The zero-order valence-corrected chi connectivity index (χ0v) is 14.9. The van der Waals surface area contributed by atoms with E-state index in [9.17, 15) is 18.8 Å². The summed E-state index contributed by atoms with van der Waals surface area (Å²) in [7, 11) is 1.34. The molecule has 0 aliphatic carbocycles. The van der Waals surface area contributed by atoms with Gasteiger partial charge in [-0.1, -0.05) is 0 Å². The molecule has 1 aliphatic heterocycles. The lowest BCUT2D eigenvalue weighted by Gasteiger charge is -2.21. The molecule has 1 saturated heterocycles. The zero-order chi connectivity index (χ0) is 18.9. The van der Waals surface area contributed by atoms with Gasteiger partial charge in [0.25, 0.3) is 5.91 Å². The third-order valence-corrected chi connectivity index (χ3v) is 4.24. The molecule has 0 saturated carbocycles. The van der Waals surface area contributed by atoms with Crippen LogP contribution in [0.15, 0.2) is 24.3 Å². The molecule has 1 aliphatic rings. The maximum absolute atomic E-state index is 12.8. The summed E-state index contributed by atoms with van der Waals surface area (Å²) >= 11 is 0. The van der Waals surface area contributed by atoms with Gasteiger partial charge in [-0.2, -0.15) is 0 Å². The molecule has 0 spiro atoms. The van der Waals surface area contributed by atoms with Gasteiger partial charge in [0.15, 0.2) is 0 Å². The van der Waals surface area contributed by atoms with Gasteiger partial charge in [-0.15, -0.1) is 0 Å². The first-order valence-electron chi connectivity index (χ1n) is 8.65. The smallest absolute Gasteiger partial charge is 0.409 e. The lowest BCUT2D eigenvalue weighted by Crippen LogP contribution is -2.37. The average molecular weight is 365 g/mol. The fourth-order valence-electron chi connectivity index (χ4n) is 2.78. The lowest BCUT2D eigenvalue weighted by molar-refractivity contribution is -0.131. The van der Waals surface area contributed by atoms with E-state index in [0.29, 0.717) is 57.5 Å². The van der Waals surface area contributed by atoms with Crippen molar-refractivity contribution in [2.75, 3.05) is 39.8 Å². The van der Waals surface area contributed by atoms with Crippen molar-refractivity contribution in [3.63, 3.8) is 0 Å². The van der Waals surface area contributed by atoms with Gasteiger partial charge >= 0.3 is 6.09 Å². The summed E-state index contributed by atoms with van der Waals surface area (Å²) in [6.07, 6.45) is 1.18. The third kappa shape index (κ3) is 5.72. The summed E-state index contributed by atoms with van der Waals surface area (Å²) in [5.41, 5.74) is 0.383. The molecule has 0 aromatic heterocycles. The number of nitrogens with zero attached hydrogens (tertiary/aromatic N) is 2. The van der Waals surface area contributed by atoms with Crippen molar-refractivity contribution in [3.8, 4) is 0 Å². The summed E-state index contributed by atoms with van der Waals surface area (Å²) in [6, 6.07) is 5.30. The highest BCUT2D eigenvalue weighted by molar-refractivity contribution is 5.94. The van der Waals surface area contributed by atoms with E-state index >= 15 is 0 Å². The summed E-state index contributed by atoms with van der Waals surface area (Å²) in [5.74, 6) is -0.677. The largest absolute Gasteiger partial charge is 0.453 e. The van der Waals surface area contributed by atoms with Gasteiger partial charge in [-0.3, -0.25) is 9.59 Å². The van der Waals surface area contributed by atoms with Crippen molar-refractivity contribution in [3.05, 3.63) is 35.6 Å². The molecule has 0 unspecified atom stereocenters. The number of rotatable bonds is 5. The Bertz CT molecular complexity index is 636. The number of amides is 3. The van der Waals surface area contributed by atoms with E-state index in [1.165, 1.54) is 31.4 Å². The van der Waals surface area contributed by atoms with Gasteiger partial charge in [-0.05, 0) is 37.1 Å². The monoisotopic (exact) mass is 365 g/mol. The Morgan fingerprint density at radius 2 is 1.73 bits per heavy atom. The molecule has 0 radical (unpaired) electrons. The third-order valence-electron chi connectivity index (χ3n) is 4.24. The molecule has 8 heteroatoms. The standard InChI is InChI=1S/C18H24FN3O4/c1-26-18(25)22-11-3-10-21(12-13-22)16(23)4-2-9-20-17(24)14-5-7-15(19)8-6-14/h5-8H,2-4,9-13H2,1H3,(H,20,24). The quantitative estimate of drug-likeness (QED) is 0.805. The van der Waals surface area contributed by atoms with E-state index < -0.39 is 5.82 Å². The Morgan fingerprint density at radius 3 is 2.42 bits per heavy atom. The lowest BCUT2D eigenvalue weighted by atomic mass is 10.2. The molecule has 0 bridgehead atoms. The van der Waals surface area contributed by atoms with Crippen molar-refractivity contribution in [1.82, 2.24) is 15.1 Å². The molecule has 1 fully saturated rings. The molecule has 2 rings (SSSR count). The van der Waals surface area contributed by atoms with Crippen molar-refractivity contribution in [2.24, 2.45) is 0 Å². The molecule has 3 amide bonds. The van der Waals surface area contributed by atoms with Gasteiger partial charge in [0.05, 0.1) is 7.11 Å². The highest BCUT2D eigenvalue weighted by Crippen LogP contribution is 2.07. The van der Waals surface area contributed by atoms with Crippen LogP contribution in [-0.2, 0) is 9.53 Å². The van der Waals surface area contributed by atoms with Crippen LogP contribution < -0.4 is 5.32 Å². The minimum atomic E-state index is -0.393. The predicted molar refractivity (Wildman–Crippen MR) is 93.1 cm³/mol. The Labute approximate surface area is 152 Å². The number of hydrogen-bond donors (Lipinski definition) is 1. The Balaban J connectivity index is 1.69. The van der Waals surface area contributed by atoms with Crippen LogP contribution in [0.25, 0.3) is 0 Å². The first kappa shape index (κ1) is 19.7. The van der Waals surface area contributed by atoms with Crippen LogP contribution in [0.3, 0.4) is 0 Å². The Hall–Kier alpha value is -2.64. The Morgan fingerprint density at radius 1 is 1.08 bits per heavy atom. The van der Waals surface area contributed by atoms with Gasteiger partial charge in [0.2, 0.25) is 5.91 Å². The zero-order valence-electron chi connectivity index (χ0n) is 14.9. The fraction of sp³-hybridized carbons (Fsp3) is 0.500. The van der Waals surface area contributed by atoms with Crippen LogP contribution in [-0.4, -0.2) is 67.5 Å². The number of halogens is 1. The summed E-state index contributed by atoms with van der Waals surface area (Å²) in [6.45, 7) is 2.48. The van der Waals surface area contributed by atoms with E-state index in [0.717, 1.165) is 0 Å². The molecule has 1 heterocycles. The Kier molecular flexibility index (Phi) is 7.37. The van der Waals surface area contributed by atoms with Crippen LogP contribution in [0.5, 0.6) is 0 Å². The second kappa shape index (κ2) is 9.74. The van der Waals surface area contributed by atoms with Gasteiger partial charge in [-0.25, -0.2) is 9.18 Å². The molecule has 1 aromatic rings. The van der Waals surface area contributed by atoms with Gasteiger partial charge in [0, 0.05) is 44.7 Å².